The highest BCUT2D eigenvalue weighted by Crippen LogP contribution is 2.42. The number of azide groups is 1. The van der Waals surface area contributed by atoms with E-state index in [0.29, 0.717) is 0 Å². The smallest absolute Gasteiger partial charge is 0.456 e. The second-order valence-corrected chi connectivity index (χ2v) is 6.47. The Morgan fingerprint density at radius 3 is 1.96 bits per heavy atom. The molecule has 27 heavy (non-hydrogen) atoms. The lowest BCUT2D eigenvalue weighted by Gasteiger charge is -2.43. The summed E-state index contributed by atoms with van der Waals surface area (Å²) in [6.45, 7) is 2.55. The molecular weight excluding hydrogens is 393 g/mol. The summed E-state index contributed by atoms with van der Waals surface area (Å²) in [6.07, 6.45) is -7.90. The molecule has 0 aromatic carbocycles. The Labute approximate surface area is 152 Å². The highest BCUT2D eigenvalue weighted by atomic mass is 31.2. The van der Waals surface area contributed by atoms with Crippen LogP contribution in [-0.2, 0) is 42.4 Å². The predicted octanol–water partition coefficient (Wildman–Crippen LogP) is -0.0740. The highest BCUT2D eigenvalue weighted by molar-refractivity contribution is 7.46. The fourth-order valence-corrected chi connectivity index (χ4v) is 2.78. The first-order valence-corrected chi connectivity index (χ1v) is 8.89. The van der Waals surface area contributed by atoms with Crippen LogP contribution in [0.1, 0.15) is 20.8 Å². The maximum atomic E-state index is 11.5. The van der Waals surface area contributed by atoms with Gasteiger partial charge in [-0.05, 0) is 5.53 Å². The zero-order chi connectivity index (χ0) is 20.8. The molecule has 0 saturated carbocycles. The molecule has 0 radical (unpaired) electrons. The summed E-state index contributed by atoms with van der Waals surface area (Å²) in [4.78, 5) is 54.9. The van der Waals surface area contributed by atoms with E-state index in [0.717, 1.165) is 20.8 Å². The van der Waals surface area contributed by atoms with Crippen LogP contribution in [0.4, 0.5) is 0 Å². The number of nitrogens with zero attached hydrogens (tertiary/aromatic N) is 3. The summed E-state index contributed by atoms with van der Waals surface area (Å²) in [5.41, 5.74) is 8.48. The Morgan fingerprint density at radius 1 is 1.04 bits per heavy atom. The molecule has 152 valence electrons. The Kier molecular flexibility index (Phi) is 8.16. The van der Waals surface area contributed by atoms with Gasteiger partial charge in [-0.15, -0.1) is 0 Å². The maximum absolute atomic E-state index is 11.5. The number of esters is 3. The van der Waals surface area contributed by atoms with Gasteiger partial charge in [0.15, 0.2) is 18.3 Å². The molecule has 0 bridgehead atoms. The van der Waals surface area contributed by atoms with Crippen LogP contribution in [0.15, 0.2) is 5.11 Å². The van der Waals surface area contributed by atoms with E-state index < -0.39 is 63.0 Å². The van der Waals surface area contributed by atoms with E-state index in [2.05, 4.69) is 14.5 Å². The zero-order valence-corrected chi connectivity index (χ0v) is 15.3. The van der Waals surface area contributed by atoms with Crippen LogP contribution in [0.5, 0.6) is 0 Å². The standard InChI is InChI=1S/C12H18N3O11P/c1-5(16)22-9-8(4-14-15-13)25-12(26-27(19,20)21)11(24-7(3)18)10(9)23-6(2)17/h8-12H,4H2,1-3H3,(H2,19,20,21)/t8-,9+,10+,11-,12-/m1/s1. The molecule has 0 aromatic heterocycles. The van der Waals surface area contributed by atoms with E-state index in [1.54, 1.807) is 0 Å². The van der Waals surface area contributed by atoms with Crippen molar-refractivity contribution in [2.75, 3.05) is 6.54 Å². The van der Waals surface area contributed by atoms with Crippen molar-refractivity contribution in [1.82, 2.24) is 0 Å². The number of hydrogen-bond donors (Lipinski definition) is 2. The van der Waals surface area contributed by atoms with Crippen molar-refractivity contribution in [3.8, 4) is 0 Å². The van der Waals surface area contributed by atoms with Crippen molar-refractivity contribution in [3.63, 3.8) is 0 Å². The van der Waals surface area contributed by atoms with Crippen molar-refractivity contribution in [2.24, 2.45) is 5.11 Å². The molecule has 1 fully saturated rings. The van der Waals surface area contributed by atoms with Gasteiger partial charge in [0.05, 0.1) is 6.54 Å². The number of ether oxygens (including phenoxy) is 4. The van der Waals surface area contributed by atoms with Gasteiger partial charge in [-0.1, -0.05) is 5.11 Å². The summed E-state index contributed by atoms with van der Waals surface area (Å²) < 4.78 is 36.0. The van der Waals surface area contributed by atoms with Crippen molar-refractivity contribution < 1.29 is 52.2 Å². The quantitative estimate of drug-likeness (QED) is 0.142. The van der Waals surface area contributed by atoms with Crippen LogP contribution in [0.2, 0.25) is 0 Å². The number of rotatable bonds is 7. The molecule has 5 atom stereocenters. The van der Waals surface area contributed by atoms with Gasteiger partial charge in [-0.2, -0.15) is 0 Å². The largest absolute Gasteiger partial charge is 0.472 e. The molecule has 1 heterocycles. The Balaban J connectivity index is 3.37. The summed E-state index contributed by atoms with van der Waals surface area (Å²) in [5.74, 6) is -2.63. The number of carbonyl (C=O) groups is 3. The van der Waals surface area contributed by atoms with Gasteiger partial charge in [0, 0.05) is 25.7 Å². The van der Waals surface area contributed by atoms with Crippen LogP contribution in [0.3, 0.4) is 0 Å². The highest BCUT2D eigenvalue weighted by Gasteiger charge is 2.53. The molecule has 2 N–H and O–H groups in total. The number of hydrogen-bond acceptors (Lipinski definition) is 10. The molecule has 1 aliphatic rings. The van der Waals surface area contributed by atoms with Crippen LogP contribution in [0.25, 0.3) is 10.4 Å². The molecule has 0 aliphatic carbocycles. The topological polar surface area (TPSA) is 204 Å². The Bertz CT molecular complexity index is 674. The maximum Gasteiger partial charge on any atom is 0.472 e. The van der Waals surface area contributed by atoms with E-state index in [-0.39, 0.29) is 0 Å². The number of phosphoric acid groups is 1. The second kappa shape index (κ2) is 9.65. The van der Waals surface area contributed by atoms with E-state index in [1.807, 2.05) is 0 Å². The average Bonchev–Trinajstić information content (AvgIpc) is 2.48. The van der Waals surface area contributed by atoms with Crippen molar-refractivity contribution in [2.45, 2.75) is 51.5 Å². The van der Waals surface area contributed by atoms with E-state index in [4.69, 9.17) is 34.3 Å². The molecule has 14 nitrogen and oxygen atoms in total. The fourth-order valence-electron chi connectivity index (χ4n) is 2.34. The second-order valence-electron chi connectivity index (χ2n) is 5.27. The van der Waals surface area contributed by atoms with Gasteiger partial charge >= 0.3 is 25.7 Å². The predicted molar refractivity (Wildman–Crippen MR) is 82.5 cm³/mol. The first kappa shape index (κ1) is 22.8. The van der Waals surface area contributed by atoms with Crippen molar-refractivity contribution in [3.05, 3.63) is 10.4 Å². The molecular formula is C12H18N3O11P. The van der Waals surface area contributed by atoms with Crippen LogP contribution in [0, 0.1) is 0 Å². The van der Waals surface area contributed by atoms with E-state index in [1.165, 1.54) is 0 Å². The molecule has 1 aliphatic heterocycles. The minimum Gasteiger partial charge on any atom is -0.456 e. The normalized spacial score (nSPS) is 27.8. The third kappa shape index (κ3) is 7.51. The number of phosphoric ester groups is 1. The monoisotopic (exact) mass is 411 g/mol. The molecule has 0 amide bonds. The van der Waals surface area contributed by atoms with Gasteiger partial charge < -0.3 is 28.7 Å². The Morgan fingerprint density at radius 2 is 1.52 bits per heavy atom. The summed E-state index contributed by atoms with van der Waals surface area (Å²) >= 11 is 0. The number of carbonyl (C=O) groups excluding carboxylic acids is 3. The van der Waals surface area contributed by atoms with Crippen LogP contribution in [-0.4, -0.2) is 64.9 Å². The van der Waals surface area contributed by atoms with E-state index in [9.17, 15) is 18.9 Å². The minimum atomic E-state index is -5.14. The average molecular weight is 411 g/mol. The lowest BCUT2D eigenvalue weighted by Crippen LogP contribution is -2.62. The van der Waals surface area contributed by atoms with Gasteiger partial charge in [-0.25, -0.2) is 4.57 Å². The lowest BCUT2D eigenvalue weighted by molar-refractivity contribution is -0.284. The summed E-state index contributed by atoms with van der Waals surface area (Å²) in [6, 6.07) is 0. The Hall–Kier alpha value is -2.21. The van der Waals surface area contributed by atoms with Crippen LogP contribution >= 0.6 is 7.82 Å². The molecule has 0 aromatic rings. The minimum absolute atomic E-state index is 0.472. The zero-order valence-electron chi connectivity index (χ0n) is 14.5. The molecule has 1 saturated heterocycles. The van der Waals surface area contributed by atoms with Gasteiger partial charge in [0.1, 0.15) is 6.10 Å². The molecule has 1 rings (SSSR count). The fraction of sp³-hybridized carbons (Fsp3) is 0.750. The SMILES string of the molecule is CC(=O)O[C@H]1[C@@H](OC(C)=O)[C@@H](CN=[N+]=[N-])O[C@H](OP(=O)(O)O)[C@@H]1OC(C)=O. The lowest BCUT2D eigenvalue weighted by atomic mass is 9.98. The van der Waals surface area contributed by atoms with Gasteiger partial charge in [0.2, 0.25) is 6.29 Å². The van der Waals surface area contributed by atoms with Gasteiger partial charge in [0.25, 0.3) is 0 Å². The van der Waals surface area contributed by atoms with Crippen LogP contribution < -0.4 is 0 Å². The summed E-state index contributed by atoms with van der Waals surface area (Å²) in [5, 5.41) is 3.25. The molecule has 0 spiro atoms. The third-order valence-corrected chi connectivity index (χ3v) is 3.55. The molecule has 15 heteroatoms. The van der Waals surface area contributed by atoms with E-state index >= 15 is 0 Å². The molecule has 0 unspecified atom stereocenters. The first-order chi connectivity index (χ1) is 12.4. The van der Waals surface area contributed by atoms with Crippen molar-refractivity contribution in [1.29, 1.82) is 0 Å². The summed E-state index contributed by atoms with van der Waals surface area (Å²) in [7, 11) is -5.14. The third-order valence-electron chi connectivity index (χ3n) is 3.06. The van der Waals surface area contributed by atoms with Crippen molar-refractivity contribution >= 4 is 25.7 Å². The van der Waals surface area contributed by atoms with Gasteiger partial charge in [-0.3, -0.25) is 18.9 Å². The first-order valence-electron chi connectivity index (χ1n) is 7.36.